The number of aromatic amines is 1. The van der Waals surface area contributed by atoms with Crippen molar-refractivity contribution in [2.45, 2.75) is 37.7 Å². The number of carbonyl (C=O) groups is 2. The van der Waals surface area contributed by atoms with Crippen LogP contribution >= 0.6 is 0 Å². The van der Waals surface area contributed by atoms with Crippen molar-refractivity contribution in [3.63, 3.8) is 0 Å². The quantitative estimate of drug-likeness (QED) is 0.222. The van der Waals surface area contributed by atoms with E-state index in [0.29, 0.717) is 17.8 Å². The number of aromatic nitrogens is 1. The maximum absolute atomic E-state index is 13.4. The van der Waals surface area contributed by atoms with Gasteiger partial charge in [-0.05, 0) is 54.8 Å². The number of amides is 2. The van der Waals surface area contributed by atoms with Gasteiger partial charge in [0.2, 0.25) is 5.91 Å². The summed E-state index contributed by atoms with van der Waals surface area (Å²) in [4.78, 5) is 30.2. The van der Waals surface area contributed by atoms with Crippen LogP contribution in [0.25, 0.3) is 10.9 Å². The Kier molecular flexibility index (Phi) is 8.22. The Hall–Kier alpha value is -4.28. The molecule has 1 heterocycles. The number of anilines is 1. The van der Waals surface area contributed by atoms with Crippen molar-refractivity contribution >= 4 is 28.4 Å². The van der Waals surface area contributed by atoms with Gasteiger partial charge in [-0.25, -0.2) is 0 Å². The lowest BCUT2D eigenvalue weighted by atomic mass is 9.98. The van der Waals surface area contributed by atoms with E-state index >= 15 is 0 Å². The van der Waals surface area contributed by atoms with Gasteiger partial charge in [-0.3, -0.25) is 9.59 Å². The van der Waals surface area contributed by atoms with Gasteiger partial charge in [0.05, 0.1) is 11.1 Å². The number of halogens is 6. The number of hydrogen-bond donors (Lipinski definition) is 2. The van der Waals surface area contributed by atoms with Gasteiger partial charge in [0.25, 0.3) is 5.91 Å². The van der Waals surface area contributed by atoms with Crippen molar-refractivity contribution in [2.24, 2.45) is 0 Å². The standard InChI is InChI=1S/C29H25F6N3O2/c1-38(27(40)18-13-20(28(30,31)32)16-21(14-18)29(33,34)35)23(11-12-26(39)37-22-7-3-2-4-8-22)15-19-17-36-25-10-6-5-9-24(19)25/h2-10,13-14,16-17,23,36H,11-12,15H2,1H3,(H,37,39). The predicted molar refractivity (Wildman–Crippen MR) is 139 cm³/mol. The second-order valence-corrected chi connectivity index (χ2v) is 9.38. The van der Waals surface area contributed by atoms with Crippen molar-refractivity contribution in [3.8, 4) is 0 Å². The van der Waals surface area contributed by atoms with Crippen molar-refractivity contribution in [1.29, 1.82) is 0 Å². The number of H-pyrrole nitrogens is 1. The van der Waals surface area contributed by atoms with Crippen LogP contribution in [0, 0.1) is 0 Å². The summed E-state index contributed by atoms with van der Waals surface area (Å²) in [6, 6.07) is 16.1. The first-order valence-electron chi connectivity index (χ1n) is 12.3. The smallest absolute Gasteiger partial charge is 0.361 e. The normalized spacial score (nSPS) is 12.8. The van der Waals surface area contributed by atoms with Gasteiger partial charge in [-0.15, -0.1) is 0 Å². The van der Waals surface area contributed by atoms with E-state index in [1.54, 1.807) is 36.5 Å². The molecule has 210 valence electrons. The SMILES string of the molecule is CN(C(=O)c1cc(C(F)(F)F)cc(C(F)(F)F)c1)C(CCC(=O)Nc1ccccc1)Cc1c[nH]c2ccccc12. The fourth-order valence-electron chi connectivity index (χ4n) is 4.48. The molecule has 1 unspecified atom stereocenters. The summed E-state index contributed by atoms with van der Waals surface area (Å²) in [5, 5.41) is 3.58. The zero-order valence-electron chi connectivity index (χ0n) is 21.2. The lowest BCUT2D eigenvalue weighted by molar-refractivity contribution is -0.143. The van der Waals surface area contributed by atoms with Crippen LogP contribution in [0.15, 0.2) is 79.0 Å². The summed E-state index contributed by atoms with van der Waals surface area (Å²) in [7, 11) is 1.31. The molecule has 1 aromatic heterocycles. The first-order chi connectivity index (χ1) is 18.8. The molecule has 5 nitrogen and oxygen atoms in total. The van der Waals surface area contributed by atoms with Gasteiger partial charge < -0.3 is 15.2 Å². The zero-order valence-corrected chi connectivity index (χ0v) is 21.2. The van der Waals surface area contributed by atoms with E-state index in [0.717, 1.165) is 21.4 Å². The molecule has 0 fully saturated rings. The molecule has 0 aliphatic heterocycles. The summed E-state index contributed by atoms with van der Waals surface area (Å²) in [6.45, 7) is 0. The highest BCUT2D eigenvalue weighted by Crippen LogP contribution is 2.37. The molecule has 2 amide bonds. The van der Waals surface area contributed by atoms with Crippen molar-refractivity contribution in [2.75, 3.05) is 12.4 Å². The third-order valence-electron chi connectivity index (χ3n) is 6.60. The first kappa shape index (κ1) is 28.7. The average Bonchev–Trinajstić information content (AvgIpc) is 3.32. The summed E-state index contributed by atoms with van der Waals surface area (Å²) >= 11 is 0. The fraction of sp³-hybridized carbons (Fsp3) is 0.241. The largest absolute Gasteiger partial charge is 0.416 e. The number of para-hydroxylation sites is 2. The fourth-order valence-corrected chi connectivity index (χ4v) is 4.48. The summed E-state index contributed by atoms with van der Waals surface area (Å²) in [5.41, 5.74) is -1.73. The molecular formula is C29H25F6N3O2. The van der Waals surface area contributed by atoms with Crippen LogP contribution in [0.3, 0.4) is 0 Å². The third-order valence-corrected chi connectivity index (χ3v) is 6.60. The van der Waals surface area contributed by atoms with Crippen molar-refractivity contribution < 1.29 is 35.9 Å². The van der Waals surface area contributed by atoms with Crippen LogP contribution in [-0.2, 0) is 23.6 Å². The highest BCUT2D eigenvalue weighted by atomic mass is 19.4. The Morgan fingerprint density at radius 3 is 2.10 bits per heavy atom. The number of fused-ring (bicyclic) bond motifs is 1. The molecule has 0 saturated carbocycles. The highest BCUT2D eigenvalue weighted by molar-refractivity contribution is 5.95. The number of carbonyl (C=O) groups excluding carboxylic acids is 2. The van der Waals surface area contributed by atoms with E-state index in [9.17, 15) is 35.9 Å². The van der Waals surface area contributed by atoms with E-state index in [-0.39, 0.29) is 31.2 Å². The third kappa shape index (κ3) is 6.83. The Bertz CT molecular complexity index is 1460. The molecule has 4 rings (SSSR count). The minimum Gasteiger partial charge on any atom is -0.361 e. The predicted octanol–water partition coefficient (Wildman–Crippen LogP) is 7.31. The Balaban J connectivity index is 1.63. The second kappa shape index (κ2) is 11.4. The molecule has 0 spiro atoms. The Morgan fingerprint density at radius 1 is 0.875 bits per heavy atom. The first-order valence-corrected chi connectivity index (χ1v) is 12.3. The van der Waals surface area contributed by atoms with E-state index in [1.807, 2.05) is 24.3 Å². The van der Waals surface area contributed by atoms with E-state index < -0.39 is 41.0 Å². The lowest BCUT2D eigenvalue weighted by Crippen LogP contribution is -2.39. The van der Waals surface area contributed by atoms with E-state index in [4.69, 9.17) is 0 Å². The molecule has 1 atom stereocenters. The number of rotatable bonds is 8. The zero-order chi connectivity index (χ0) is 29.1. The molecule has 0 bridgehead atoms. The molecule has 2 N–H and O–H groups in total. The molecule has 0 aliphatic rings. The maximum atomic E-state index is 13.4. The minimum absolute atomic E-state index is 0.0197. The number of hydrogen-bond acceptors (Lipinski definition) is 2. The number of likely N-dealkylation sites (N-methyl/N-ethyl adjacent to an activating group) is 1. The molecule has 0 radical (unpaired) electrons. The van der Waals surface area contributed by atoms with Crippen LogP contribution in [0.1, 0.15) is 39.9 Å². The Morgan fingerprint density at radius 2 is 1.48 bits per heavy atom. The summed E-state index contributed by atoms with van der Waals surface area (Å²) < 4.78 is 80.4. The van der Waals surface area contributed by atoms with Crippen LogP contribution in [0.2, 0.25) is 0 Å². The molecule has 11 heteroatoms. The highest BCUT2D eigenvalue weighted by Gasteiger charge is 2.38. The Labute approximate surface area is 225 Å². The number of nitrogens with one attached hydrogen (secondary N) is 2. The molecule has 0 aliphatic carbocycles. The van der Waals surface area contributed by atoms with Gasteiger partial charge in [-0.1, -0.05) is 36.4 Å². The van der Waals surface area contributed by atoms with Gasteiger partial charge in [0, 0.05) is 47.9 Å². The monoisotopic (exact) mass is 561 g/mol. The average molecular weight is 562 g/mol. The second-order valence-electron chi connectivity index (χ2n) is 9.38. The summed E-state index contributed by atoms with van der Waals surface area (Å²) in [5.74, 6) is -1.38. The minimum atomic E-state index is -5.09. The number of alkyl halides is 6. The van der Waals surface area contributed by atoms with Crippen LogP contribution < -0.4 is 5.32 Å². The van der Waals surface area contributed by atoms with Crippen LogP contribution in [-0.4, -0.2) is 34.8 Å². The van der Waals surface area contributed by atoms with Crippen LogP contribution in [0.4, 0.5) is 32.0 Å². The summed E-state index contributed by atoms with van der Waals surface area (Å²) in [6.07, 6.45) is -8.19. The topological polar surface area (TPSA) is 65.2 Å². The number of benzene rings is 3. The van der Waals surface area contributed by atoms with Crippen molar-refractivity contribution in [1.82, 2.24) is 9.88 Å². The molecule has 3 aromatic carbocycles. The van der Waals surface area contributed by atoms with E-state index in [1.165, 1.54) is 7.05 Å². The van der Waals surface area contributed by atoms with Gasteiger partial charge >= 0.3 is 12.4 Å². The molecule has 40 heavy (non-hydrogen) atoms. The molecule has 4 aromatic rings. The molecule has 0 saturated heterocycles. The van der Waals surface area contributed by atoms with E-state index in [2.05, 4.69) is 10.3 Å². The number of nitrogens with zero attached hydrogens (tertiary/aromatic N) is 1. The maximum Gasteiger partial charge on any atom is 0.416 e. The van der Waals surface area contributed by atoms with Crippen molar-refractivity contribution in [3.05, 3.63) is 101 Å². The van der Waals surface area contributed by atoms with Gasteiger partial charge in [0.15, 0.2) is 0 Å². The lowest BCUT2D eigenvalue weighted by Gasteiger charge is -2.29. The van der Waals surface area contributed by atoms with Gasteiger partial charge in [0.1, 0.15) is 0 Å². The van der Waals surface area contributed by atoms with Crippen LogP contribution in [0.5, 0.6) is 0 Å². The van der Waals surface area contributed by atoms with Gasteiger partial charge in [-0.2, -0.15) is 26.3 Å². The molecular weight excluding hydrogens is 536 g/mol.